The van der Waals surface area contributed by atoms with E-state index in [1.54, 1.807) is 0 Å². The van der Waals surface area contributed by atoms with Crippen LogP contribution in [0.2, 0.25) is 0 Å². The number of nitrogens with one attached hydrogen (secondary N) is 1. The molecule has 2 aromatic rings. The quantitative estimate of drug-likeness (QED) is 0.861. The number of aromatic nitrogens is 2. The first kappa shape index (κ1) is 11.9. The SMILES string of the molecule is CNC(CCc1ccnn1C)c1ccc(C)o1. The van der Waals surface area contributed by atoms with Gasteiger partial charge in [-0.05, 0) is 45.0 Å². The lowest BCUT2D eigenvalue weighted by atomic mass is 10.1. The fourth-order valence-corrected chi connectivity index (χ4v) is 2.01. The molecular formula is C13H19N3O. The maximum atomic E-state index is 5.65. The second-order valence-electron chi connectivity index (χ2n) is 4.27. The minimum atomic E-state index is 0.263. The van der Waals surface area contributed by atoms with Crippen LogP contribution in [0.25, 0.3) is 0 Å². The number of rotatable bonds is 5. The molecule has 1 N–H and O–H groups in total. The van der Waals surface area contributed by atoms with Crippen LogP contribution < -0.4 is 5.32 Å². The van der Waals surface area contributed by atoms with E-state index >= 15 is 0 Å². The molecule has 0 saturated carbocycles. The van der Waals surface area contributed by atoms with Gasteiger partial charge in [0.2, 0.25) is 0 Å². The normalized spacial score (nSPS) is 12.9. The Morgan fingerprint density at radius 1 is 1.41 bits per heavy atom. The lowest BCUT2D eigenvalue weighted by Crippen LogP contribution is -2.17. The minimum Gasteiger partial charge on any atom is -0.465 e. The third kappa shape index (κ3) is 2.77. The molecule has 0 bridgehead atoms. The van der Waals surface area contributed by atoms with Gasteiger partial charge in [0.15, 0.2) is 0 Å². The summed E-state index contributed by atoms with van der Waals surface area (Å²) in [6.07, 6.45) is 3.82. The second-order valence-corrected chi connectivity index (χ2v) is 4.27. The van der Waals surface area contributed by atoms with Gasteiger partial charge in [0, 0.05) is 18.9 Å². The van der Waals surface area contributed by atoms with Crippen LogP contribution in [-0.4, -0.2) is 16.8 Å². The number of nitrogens with zero attached hydrogens (tertiary/aromatic N) is 2. The number of hydrogen-bond donors (Lipinski definition) is 1. The van der Waals surface area contributed by atoms with Crippen LogP contribution >= 0.6 is 0 Å². The van der Waals surface area contributed by atoms with E-state index in [1.165, 1.54) is 5.69 Å². The molecule has 0 amide bonds. The molecule has 2 rings (SSSR count). The second kappa shape index (κ2) is 5.19. The lowest BCUT2D eigenvalue weighted by molar-refractivity contribution is 0.400. The predicted octanol–water partition coefficient (Wildman–Crippen LogP) is 2.21. The molecule has 0 aliphatic carbocycles. The van der Waals surface area contributed by atoms with Crippen molar-refractivity contribution in [1.29, 1.82) is 0 Å². The summed E-state index contributed by atoms with van der Waals surface area (Å²) in [5, 5.41) is 7.46. The van der Waals surface area contributed by atoms with Gasteiger partial charge in [-0.15, -0.1) is 0 Å². The van der Waals surface area contributed by atoms with Gasteiger partial charge in [-0.1, -0.05) is 0 Å². The van der Waals surface area contributed by atoms with E-state index in [0.29, 0.717) is 0 Å². The van der Waals surface area contributed by atoms with E-state index in [-0.39, 0.29) is 6.04 Å². The van der Waals surface area contributed by atoms with Crippen LogP contribution in [0.3, 0.4) is 0 Å². The summed E-state index contributed by atoms with van der Waals surface area (Å²) >= 11 is 0. The molecule has 0 saturated heterocycles. The highest BCUT2D eigenvalue weighted by Crippen LogP contribution is 2.20. The van der Waals surface area contributed by atoms with E-state index in [4.69, 9.17) is 4.42 Å². The molecule has 4 heteroatoms. The first-order valence-corrected chi connectivity index (χ1v) is 5.91. The van der Waals surface area contributed by atoms with Crippen molar-refractivity contribution >= 4 is 0 Å². The van der Waals surface area contributed by atoms with Crippen LogP contribution in [0.1, 0.15) is 29.7 Å². The lowest BCUT2D eigenvalue weighted by Gasteiger charge is -2.13. The molecule has 0 spiro atoms. The van der Waals surface area contributed by atoms with Crippen LogP contribution in [0.5, 0.6) is 0 Å². The molecule has 1 unspecified atom stereocenters. The van der Waals surface area contributed by atoms with Crippen LogP contribution in [0, 0.1) is 6.92 Å². The van der Waals surface area contributed by atoms with Crippen molar-refractivity contribution in [2.45, 2.75) is 25.8 Å². The Morgan fingerprint density at radius 2 is 2.24 bits per heavy atom. The Morgan fingerprint density at radius 3 is 2.76 bits per heavy atom. The van der Waals surface area contributed by atoms with E-state index in [0.717, 1.165) is 24.4 Å². The van der Waals surface area contributed by atoms with Gasteiger partial charge in [-0.3, -0.25) is 4.68 Å². The highest BCUT2D eigenvalue weighted by Gasteiger charge is 2.13. The summed E-state index contributed by atoms with van der Waals surface area (Å²) in [5.41, 5.74) is 1.24. The minimum absolute atomic E-state index is 0.263. The van der Waals surface area contributed by atoms with Crippen molar-refractivity contribution in [3.63, 3.8) is 0 Å². The fourth-order valence-electron chi connectivity index (χ4n) is 2.01. The summed E-state index contributed by atoms with van der Waals surface area (Å²) < 4.78 is 7.57. The van der Waals surface area contributed by atoms with Crippen molar-refractivity contribution in [2.75, 3.05) is 7.05 Å². The summed E-state index contributed by atoms with van der Waals surface area (Å²) in [4.78, 5) is 0. The van der Waals surface area contributed by atoms with E-state index < -0.39 is 0 Å². The maximum absolute atomic E-state index is 5.65. The number of aryl methyl sites for hydroxylation is 3. The first-order valence-electron chi connectivity index (χ1n) is 5.91. The van der Waals surface area contributed by atoms with Crippen molar-refractivity contribution in [2.24, 2.45) is 7.05 Å². The molecule has 2 aromatic heterocycles. The summed E-state index contributed by atoms with van der Waals surface area (Å²) in [5.74, 6) is 1.97. The van der Waals surface area contributed by atoms with Crippen molar-refractivity contribution in [3.8, 4) is 0 Å². The van der Waals surface area contributed by atoms with Crippen molar-refractivity contribution in [1.82, 2.24) is 15.1 Å². The standard InChI is InChI=1S/C13H19N3O/c1-10-4-7-13(17-10)12(14-2)6-5-11-8-9-15-16(11)3/h4,7-9,12,14H,5-6H2,1-3H3. The Labute approximate surface area is 102 Å². The topological polar surface area (TPSA) is 43.0 Å². The van der Waals surface area contributed by atoms with Gasteiger partial charge >= 0.3 is 0 Å². The molecule has 0 aliphatic heterocycles. The Kier molecular flexibility index (Phi) is 3.64. The Balaban J connectivity index is 1.99. The zero-order valence-corrected chi connectivity index (χ0v) is 10.6. The van der Waals surface area contributed by atoms with Crippen LogP contribution in [0.15, 0.2) is 28.8 Å². The average molecular weight is 233 g/mol. The summed E-state index contributed by atoms with van der Waals surface area (Å²) in [7, 11) is 3.94. The van der Waals surface area contributed by atoms with Crippen LogP contribution in [-0.2, 0) is 13.5 Å². The Hall–Kier alpha value is -1.55. The summed E-state index contributed by atoms with van der Waals surface area (Å²) in [6.45, 7) is 1.97. The zero-order valence-electron chi connectivity index (χ0n) is 10.6. The largest absolute Gasteiger partial charge is 0.465 e. The molecule has 0 aromatic carbocycles. The zero-order chi connectivity index (χ0) is 12.3. The molecule has 0 radical (unpaired) electrons. The molecule has 0 aliphatic rings. The van der Waals surface area contributed by atoms with Gasteiger partial charge in [-0.2, -0.15) is 5.10 Å². The van der Waals surface area contributed by atoms with E-state index in [9.17, 15) is 0 Å². The average Bonchev–Trinajstić information content (AvgIpc) is 2.90. The molecule has 92 valence electrons. The van der Waals surface area contributed by atoms with Gasteiger partial charge in [-0.25, -0.2) is 0 Å². The number of furan rings is 1. The maximum Gasteiger partial charge on any atom is 0.121 e. The smallest absolute Gasteiger partial charge is 0.121 e. The fraction of sp³-hybridized carbons (Fsp3) is 0.462. The highest BCUT2D eigenvalue weighted by molar-refractivity contribution is 5.10. The number of hydrogen-bond acceptors (Lipinski definition) is 3. The molecular weight excluding hydrogens is 214 g/mol. The molecule has 1 atom stereocenters. The highest BCUT2D eigenvalue weighted by atomic mass is 16.3. The molecule has 17 heavy (non-hydrogen) atoms. The predicted molar refractivity (Wildman–Crippen MR) is 66.8 cm³/mol. The van der Waals surface area contributed by atoms with Gasteiger partial charge < -0.3 is 9.73 Å². The van der Waals surface area contributed by atoms with Gasteiger partial charge in [0.05, 0.1) is 6.04 Å². The monoisotopic (exact) mass is 233 g/mol. The third-order valence-corrected chi connectivity index (χ3v) is 3.06. The molecule has 4 nitrogen and oxygen atoms in total. The van der Waals surface area contributed by atoms with E-state index in [2.05, 4.69) is 16.5 Å². The van der Waals surface area contributed by atoms with Crippen LogP contribution in [0.4, 0.5) is 0 Å². The van der Waals surface area contributed by atoms with E-state index in [1.807, 2.05) is 44.0 Å². The first-order chi connectivity index (χ1) is 8.20. The third-order valence-electron chi connectivity index (χ3n) is 3.06. The van der Waals surface area contributed by atoms with Gasteiger partial charge in [0.25, 0.3) is 0 Å². The molecule has 0 fully saturated rings. The van der Waals surface area contributed by atoms with Gasteiger partial charge in [0.1, 0.15) is 11.5 Å². The Bertz CT molecular complexity index is 472. The van der Waals surface area contributed by atoms with Crippen molar-refractivity contribution in [3.05, 3.63) is 41.6 Å². The van der Waals surface area contributed by atoms with Crippen molar-refractivity contribution < 1.29 is 4.42 Å². The summed E-state index contributed by atoms with van der Waals surface area (Å²) in [6, 6.07) is 6.36. The molecule has 2 heterocycles.